The summed E-state index contributed by atoms with van der Waals surface area (Å²) in [4.78, 5) is 21.3. The maximum absolute atomic E-state index is 12.1. The van der Waals surface area contributed by atoms with Gasteiger partial charge in [0.05, 0.1) is 30.8 Å². The Bertz CT molecular complexity index is 1480. The van der Waals surface area contributed by atoms with E-state index in [2.05, 4.69) is 65.0 Å². The summed E-state index contributed by atoms with van der Waals surface area (Å²) in [6.45, 7) is 8.67. The molecule has 4 rings (SSSR count). The summed E-state index contributed by atoms with van der Waals surface area (Å²) >= 11 is 0. The minimum absolute atomic E-state index is 0.304. The van der Waals surface area contributed by atoms with E-state index in [0.29, 0.717) is 48.0 Å². The smallest absolute Gasteiger partial charge is 0.247 e. The normalized spacial score (nSPS) is 11.7. The van der Waals surface area contributed by atoms with Crippen LogP contribution in [0.1, 0.15) is 31.7 Å². The van der Waals surface area contributed by atoms with E-state index in [1.165, 1.54) is 11.6 Å². The molecule has 9 nitrogen and oxygen atoms in total. The molecule has 1 amide bonds. The number of methoxy groups -OCH3 is 2. The van der Waals surface area contributed by atoms with Crippen LogP contribution in [0.25, 0.3) is 22.2 Å². The summed E-state index contributed by atoms with van der Waals surface area (Å²) in [6.07, 6.45) is 6.09. The second-order valence-corrected chi connectivity index (χ2v) is 9.21. The van der Waals surface area contributed by atoms with Crippen molar-refractivity contribution >= 4 is 34.1 Å². The Labute approximate surface area is 228 Å². The topological polar surface area (TPSA) is 99.5 Å². The largest absolute Gasteiger partial charge is 0.494 e. The number of fused-ring (bicyclic) bond motifs is 1. The highest BCUT2D eigenvalue weighted by atomic mass is 16.5. The van der Waals surface area contributed by atoms with E-state index in [-0.39, 0.29) is 5.91 Å². The SMILES string of the molecule is C=CC(=O)Nc1cc(Nc2nccc(-c3cn(C)c4cc(C(C)CC)ccc34)n2)c(OC)cc1OCCOC. The highest BCUT2D eigenvalue weighted by Gasteiger charge is 2.16. The van der Waals surface area contributed by atoms with Gasteiger partial charge in [-0.25, -0.2) is 9.97 Å². The van der Waals surface area contributed by atoms with Gasteiger partial charge in [-0.05, 0) is 42.2 Å². The highest BCUT2D eigenvalue weighted by molar-refractivity contribution is 6.00. The number of carbonyl (C=O) groups excluding carboxylic acids is 1. The molecule has 1 atom stereocenters. The molecule has 2 N–H and O–H groups in total. The number of ether oxygens (including phenoxy) is 3. The van der Waals surface area contributed by atoms with Gasteiger partial charge in [-0.3, -0.25) is 4.79 Å². The van der Waals surface area contributed by atoms with Gasteiger partial charge in [0.15, 0.2) is 0 Å². The second kappa shape index (κ2) is 12.4. The predicted molar refractivity (Wildman–Crippen MR) is 155 cm³/mol. The lowest BCUT2D eigenvalue weighted by Crippen LogP contribution is -2.12. The van der Waals surface area contributed by atoms with Gasteiger partial charge in [-0.2, -0.15) is 0 Å². The number of nitrogens with zero attached hydrogens (tertiary/aromatic N) is 3. The Morgan fingerprint density at radius 1 is 1.13 bits per heavy atom. The lowest BCUT2D eigenvalue weighted by atomic mass is 9.97. The summed E-state index contributed by atoms with van der Waals surface area (Å²) in [5.74, 6) is 1.44. The van der Waals surface area contributed by atoms with Crippen LogP contribution in [-0.2, 0) is 16.6 Å². The maximum atomic E-state index is 12.1. The first-order valence-corrected chi connectivity index (χ1v) is 12.8. The zero-order chi connectivity index (χ0) is 27.9. The number of nitrogens with one attached hydrogen (secondary N) is 2. The fraction of sp³-hybridized carbons (Fsp3) is 0.300. The fourth-order valence-electron chi connectivity index (χ4n) is 4.30. The molecule has 0 aliphatic carbocycles. The van der Waals surface area contributed by atoms with Gasteiger partial charge in [0.2, 0.25) is 11.9 Å². The molecule has 2 aromatic heterocycles. The quantitative estimate of drug-likeness (QED) is 0.170. The minimum Gasteiger partial charge on any atom is -0.494 e. The van der Waals surface area contributed by atoms with Crippen LogP contribution in [0.2, 0.25) is 0 Å². The van der Waals surface area contributed by atoms with Crippen LogP contribution in [0.4, 0.5) is 17.3 Å². The predicted octanol–water partition coefficient (Wildman–Crippen LogP) is 6.05. The average molecular weight is 530 g/mol. The van der Waals surface area contributed by atoms with Gasteiger partial charge in [0, 0.05) is 49.1 Å². The standard InChI is InChI=1S/C30H35N5O4/c1-7-19(3)20-9-10-21-22(18-35(4)26(21)15-20)23-11-12-31-30(33-23)34-24-16-25(32-29(36)8-2)28(17-27(24)38-6)39-14-13-37-5/h8-12,15-19H,2,7,13-14H2,1,3-6H3,(H,32,36)(H,31,33,34). The Hall–Kier alpha value is -4.37. The number of benzene rings is 2. The second-order valence-electron chi connectivity index (χ2n) is 9.21. The molecule has 204 valence electrons. The van der Waals surface area contributed by atoms with Gasteiger partial charge in [0.1, 0.15) is 18.1 Å². The molecule has 0 aliphatic heterocycles. The Kier molecular flexibility index (Phi) is 8.83. The number of amides is 1. The van der Waals surface area contributed by atoms with E-state index in [1.807, 2.05) is 13.1 Å². The number of hydrogen-bond donors (Lipinski definition) is 2. The third-order valence-corrected chi connectivity index (χ3v) is 6.66. The summed E-state index contributed by atoms with van der Waals surface area (Å²) in [7, 11) is 5.20. The first kappa shape index (κ1) is 27.7. The monoisotopic (exact) mass is 529 g/mol. The van der Waals surface area contributed by atoms with E-state index in [0.717, 1.165) is 28.6 Å². The van der Waals surface area contributed by atoms with Crippen LogP contribution in [0.5, 0.6) is 11.5 Å². The van der Waals surface area contributed by atoms with Crippen molar-refractivity contribution in [3.8, 4) is 22.8 Å². The molecule has 1 unspecified atom stereocenters. The number of anilines is 3. The summed E-state index contributed by atoms with van der Waals surface area (Å²) in [5.41, 5.74) is 5.29. The summed E-state index contributed by atoms with van der Waals surface area (Å²) in [6, 6.07) is 11.9. The minimum atomic E-state index is -0.367. The molecular formula is C30H35N5O4. The van der Waals surface area contributed by atoms with Gasteiger partial charge in [-0.15, -0.1) is 0 Å². The molecule has 0 fully saturated rings. The van der Waals surface area contributed by atoms with Crippen molar-refractivity contribution in [3.05, 3.63) is 67.0 Å². The molecule has 39 heavy (non-hydrogen) atoms. The molecule has 2 aromatic carbocycles. The molecule has 0 spiro atoms. The Morgan fingerprint density at radius 2 is 1.95 bits per heavy atom. The number of rotatable bonds is 12. The number of aryl methyl sites for hydroxylation is 1. The van der Waals surface area contributed by atoms with E-state index < -0.39 is 0 Å². The van der Waals surface area contributed by atoms with E-state index in [1.54, 1.807) is 32.5 Å². The van der Waals surface area contributed by atoms with E-state index >= 15 is 0 Å². The first-order valence-electron chi connectivity index (χ1n) is 12.8. The summed E-state index contributed by atoms with van der Waals surface area (Å²) in [5, 5.41) is 7.14. The van der Waals surface area contributed by atoms with E-state index in [4.69, 9.17) is 19.2 Å². The molecule has 4 aromatic rings. The van der Waals surface area contributed by atoms with Crippen LogP contribution >= 0.6 is 0 Å². The Balaban J connectivity index is 1.69. The van der Waals surface area contributed by atoms with Crippen LogP contribution < -0.4 is 20.1 Å². The molecule has 0 bridgehead atoms. The van der Waals surface area contributed by atoms with Crippen LogP contribution in [-0.4, -0.2) is 47.9 Å². The lowest BCUT2D eigenvalue weighted by Gasteiger charge is -2.17. The number of carbonyl (C=O) groups is 1. The molecule has 0 radical (unpaired) electrons. The van der Waals surface area contributed by atoms with Crippen molar-refractivity contribution in [2.45, 2.75) is 26.2 Å². The molecular weight excluding hydrogens is 494 g/mol. The zero-order valence-corrected chi connectivity index (χ0v) is 23.1. The van der Waals surface area contributed by atoms with Gasteiger partial charge >= 0.3 is 0 Å². The van der Waals surface area contributed by atoms with Crippen molar-refractivity contribution in [3.63, 3.8) is 0 Å². The van der Waals surface area contributed by atoms with Crippen LogP contribution in [0, 0.1) is 0 Å². The fourth-order valence-corrected chi connectivity index (χ4v) is 4.30. The van der Waals surface area contributed by atoms with Crippen molar-refractivity contribution in [2.75, 3.05) is 38.1 Å². The first-order chi connectivity index (χ1) is 18.9. The highest BCUT2D eigenvalue weighted by Crippen LogP contribution is 2.38. The third-order valence-electron chi connectivity index (χ3n) is 6.66. The maximum Gasteiger partial charge on any atom is 0.247 e. The summed E-state index contributed by atoms with van der Waals surface area (Å²) < 4.78 is 18.6. The van der Waals surface area contributed by atoms with Gasteiger partial charge < -0.3 is 29.4 Å². The molecule has 2 heterocycles. The third kappa shape index (κ3) is 6.21. The molecule has 0 aliphatic rings. The molecule has 0 saturated heterocycles. The van der Waals surface area contributed by atoms with Crippen LogP contribution in [0.15, 0.2) is 61.4 Å². The van der Waals surface area contributed by atoms with Crippen molar-refractivity contribution in [1.82, 2.24) is 14.5 Å². The van der Waals surface area contributed by atoms with Crippen molar-refractivity contribution in [1.29, 1.82) is 0 Å². The average Bonchev–Trinajstić information content (AvgIpc) is 3.29. The van der Waals surface area contributed by atoms with E-state index in [9.17, 15) is 4.79 Å². The van der Waals surface area contributed by atoms with Crippen molar-refractivity contribution in [2.24, 2.45) is 7.05 Å². The molecule has 9 heteroatoms. The van der Waals surface area contributed by atoms with Crippen molar-refractivity contribution < 1.29 is 19.0 Å². The number of hydrogen-bond acceptors (Lipinski definition) is 7. The zero-order valence-electron chi connectivity index (χ0n) is 23.1. The number of aromatic nitrogens is 3. The van der Waals surface area contributed by atoms with Gasteiger partial charge in [-0.1, -0.05) is 32.6 Å². The Morgan fingerprint density at radius 3 is 2.67 bits per heavy atom. The van der Waals surface area contributed by atoms with Crippen LogP contribution in [0.3, 0.4) is 0 Å². The lowest BCUT2D eigenvalue weighted by molar-refractivity contribution is -0.111. The molecule has 0 saturated carbocycles. The van der Waals surface area contributed by atoms with Gasteiger partial charge in [0.25, 0.3) is 0 Å².